The Morgan fingerprint density at radius 1 is 1.11 bits per heavy atom. The van der Waals surface area contributed by atoms with Crippen molar-refractivity contribution in [2.45, 2.75) is 25.3 Å². The van der Waals surface area contributed by atoms with Gasteiger partial charge in [0.25, 0.3) is 0 Å². The Hall–Kier alpha value is -0.963. The maximum atomic E-state index is 11.2. The Bertz CT molecular complexity index is 282. The second-order valence-electron chi connectivity index (χ2n) is 3.77. The van der Waals surface area contributed by atoms with E-state index in [-0.39, 0.29) is 0 Å². The molecule has 0 heterocycles. The van der Waals surface area contributed by atoms with E-state index in [0.717, 1.165) is 0 Å². The lowest BCUT2D eigenvalue weighted by atomic mass is 9.99. The summed E-state index contributed by atoms with van der Waals surface area (Å²) < 4.78 is 15.7. The molecule has 18 heavy (non-hydrogen) atoms. The lowest BCUT2D eigenvalue weighted by molar-refractivity contribution is -0.149. The van der Waals surface area contributed by atoms with Gasteiger partial charge in [-0.15, -0.1) is 0 Å². The second-order valence-corrected chi connectivity index (χ2v) is 6.95. The Morgan fingerprint density at radius 3 is 1.78 bits per heavy atom. The third kappa shape index (κ3) is 3.77. The van der Waals surface area contributed by atoms with Gasteiger partial charge in [-0.3, -0.25) is 9.59 Å². The Kier molecular flexibility index (Phi) is 7.07. The fourth-order valence-electron chi connectivity index (χ4n) is 2.07. The molecule has 2 atom stereocenters. The molecule has 7 nitrogen and oxygen atoms in total. The van der Waals surface area contributed by atoms with E-state index in [4.69, 9.17) is 23.5 Å². The van der Waals surface area contributed by atoms with Gasteiger partial charge in [0.2, 0.25) is 0 Å². The highest BCUT2D eigenvalue weighted by atomic mass is 28.4. The van der Waals surface area contributed by atoms with Crippen LogP contribution in [-0.2, 0) is 22.9 Å². The van der Waals surface area contributed by atoms with Crippen molar-refractivity contribution in [3.8, 4) is 0 Å². The highest BCUT2D eigenvalue weighted by molar-refractivity contribution is 6.62. The van der Waals surface area contributed by atoms with Crippen molar-refractivity contribution in [2.24, 2.45) is 5.92 Å². The van der Waals surface area contributed by atoms with Crippen molar-refractivity contribution >= 4 is 20.7 Å². The van der Waals surface area contributed by atoms with Gasteiger partial charge < -0.3 is 23.5 Å². The summed E-state index contributed by atoms with van der Waals surface area (Å²) in [5.41, 5.74) is -0.605. The van der Waals surface area contributed by atoms with Gasteiger partial charge in [-0.1, -0.05) is 6.92 Å². The van der Waals surface area contributed by atoms with E-state index in [2.05, 4.69) is 0 Å². The van der Waals surface area contributed by atoms with Crippen LogP contribution >= 0.6 is 0 Å². The number of hydrogen-bond donors (Lipinski definition) is 2. The van der Waals surface area contributed by atoms with Crippen LogP contribution in [0.5, 0.6) is 0 Å². The molecule has 0 radical (unpaired) electrons. The molecule has 0 saturated heterocycles. The van der Waals surface area contributed by atoms with Gasteiger partial charge >= 0.3 is 20.7 Å². The van der Waals surface area contributed by atoms with Gasteiger partial charge in [-0.2, -0.15) is 0 Å². The predicted molar refractivity (Wildman–Crippen MR) is 64.2 cm³/mol. The molecule has 0 aromatic rings. The molecule has 0 amide bonds. The van der Waals surface area contributed by atoms with Crippen LogP contribution in [0.1, 0.15) is 19.8 Å². The van der Waals surface area contributed by atoms with E-state index in [1.165, 1.54) is 21.3 Å². The third-order valence-electron chi connectivity index (χ3n) is 2.94. The first-order valence-corrected chi connectivity index (χ1v) is 7.28. The molecule has 2 unspecified atom stereocenters. The number of carboxylic acid groups (broad SMARTS) is 2. The molecule has 2 N–H and O–H groups in total. The first-order valence-electron chi connectivity index (χ1n) is 5.48. The smallest absolute Gasteiger partial charge is 0.481 e. The van der Waals surface area contributed by atoms with Crippen molar-refractivity contribution in [3.63, 3.8) is 0 Å². The molecule has 0 spiro atoms. The SMILES string of the molecule is CCC(C(CC(=O)O)C(=O)O)[Si](OC)(OC)OC. The molecule has 0 aliphatic carbocycles. The minimum Gasteiger partial charge on any atom is -0.481 e. The normalized spacial score (nSPS) is 15.1. The van der Waals surface area contributed by atoms with E-state index < -0.39 is 38.6 Å². The first-order chi connectivity index (χ1) is 8.38. The molecule has 8 heteroatoms. The predicted octanol–water partition coefficient (Wildman–Crippen LogP) is 0.820. The fraction of sp³-hybridized carbons (Fsp3) is 0.800. The molecular weight excluding hydrogens is 260 g/mol. The van der Waals surface area contributed by atoms with Crippen molar-refractivity contribution in [1.82, 2.24) is 0 Å². The summed E-state index contributed by atoms with van der Waals surface area (Å²) >= 11 is 0. The standard InChI is InChI=1S/C10H20O7Si/c1-5-8(18(15-2,16-3)17-4)7(10(13)14)6-9(11)12/h7-8H,5-6H2,1-4H3,(H,11,12)(H,13,14). The summed E-state index contributed by atoms with van der Waals surface area (Å²) in [4.78, 5) is 22.0. The van der Waals surface area contributed by atoms with E-state index in [1.807, 2.05) is 0 Å². The second kappa shape index (κ2) is 7.47. The Morgan fingerprint density at radius 2 is 1.56 bits per heavy atom. The fourth-order valence-corrected chi connectivity index (χ4v) is 4.74. The summed E-state index contributed by atoms with van der Waals surface area (Å²) in [6, 6.07) is 0. The molecule has 0 aromatic carbocycles. The van der Waals surface area contributed by atoms with Crippen LogP contribution in [0.15, 0.2) is 0 Å². The van der Waals surface area contributed by atoms with Gasteiger partial charge in [-0.05, 0) is 6.42 Å². The minimum absolute atomic E-state index is 0.395. The van der Waals surface area contributed by atoms with Crippen LogP contribution in [0.25, 0.3) is 0 Å². The van der Waals surface area contributed by atoms with Crippen LogP contribution in [0.4, 0.5) is 0 Å². The van der Waals surface area contributed by atoms with Crippen LogP contribution < -0.4 is 0 Å². The number of carboxylic acids is 2. The summed E-state index contributed by atoms with van der Waals surface area (Å²) in [6.45, 7) is 1.75. The first kappa shape index (κ1) is 17.0. The zero-order chi connectivity index (χ0) is 14.3. The quantitative estimate of drug-likeness (QED) is 0.603. The number of aliphatic carboxylic acids is 2. The van der Waals surface area contributed by atoms with Crippen LogP contribution in [-0.4, -0.2) is 52.3 Å². The lowest BCUT2D eigenvalue weighted by Crippen LogP contribution is -2.51. The molecule has 0 aromatic heterocycles. The zero-order valence-corrected chi connectivity index (χ0v) is 12.0. The van der Waals surface area contributed by atoms with Gasteiger partial charge in [0.05, 0.1) is 12.3 Å². The Labute approximate surface area is 107 Å². The lowest BCUT2D eigenvalue weighted by Gasteiger charge is -2.34. The van der Waals surface area contributed by atoms with Crippen molar-refractivity contribution in [2.75, 3.05) is 21.3 Å². The minimum atomic E-state index is -3.18. The number of rotatable bonds is 9. The Balaban J connectivity index is 5.32. The molecule has 0 rings (SSSR count). The maximum absolute atomic E-state index is 11.2. The summed E-state index contributed by atoms with van der Waals surface area (Å²) in [7, 11) is 0.946. The summed E-state index contributed by atoms with van der Waals surface area (Å²) in [6.07, 6.45) is -0.0926. The largest absolute Gasteiger partial charge is 0.504 e. The molecule has 0 bridgehead atoms. The van der Waals surface area contributed by atoms with Crippen molar-refractivity contribution < 1.29 is 33.1 Å². The van der Waals surface area contributed by atoms with Gasteiger partial charge in [0.15, 0.2) is 0 Å². The van der Waals surface area contributed by atoms with Crippen LogP contribution in [0.3, 0.4) is 0 Å². The summed E-state index contributed by atoms with van der Waals surface area (Å²) in [5.74, 6) is -3.46. The average molecular weight is 280 g/mol. The van der Waals surface area contributed by atoms with Gasteiger partial charge in [0.1, 0.15) is 0 Å². The summed E-state index contributed by atoms with van der Waals surface area (Å²) in [5, 5.41) is 18.0. The van der Waals surface area contributed by atoms with Crippen LogP contribution in [0.2, 0.25) is 5.54 Å². The highest BCUT2D eigenvalue weighted by Crippen LogP contribution is 2.36. The molecule has 0 aliphatic rings. The molecule has 0 saturated carbocycles. The van der Waals surface area contributed by atoms with Crippen LogP contribution in [0, 0.1) is 5.92 Å². The molecule has 0 fully saturated rings. The van der Waals surface area contributed by atoms with E-state index >= 15 is 0 Å². The van der Waals surface area contributed by atoms with Gasteiger partial charge in [0, 0.05) is 26.9 Å². The zero-order valence-electron chi connectivity index (χ0n) is 11.0. The van der Waals surface area contributed by atoms with Crippen molar-refractivity contribution in [1.29, 1.82) is 0 Å². The third-order valence-corrected chi connectivity index (χ3v) is 6.37. The number of carbonyl (C=O) groups is 2. The maximum Gasteiger partial charge on any atom is 0.504 e. The highest BCUT2D eigenvalue weighted by Gasteiger charge is 2.52. The van der Waals surface area contributed by atoms with E-state index in [1.54, 1.807) is 6.92 Å². The molecule has 106 valence electrons. The topological polar surface area (TPSA) is 102 Å². The van der Waals surface area contributed by atoms with E-state index in [0.29, 0.717) is 6.42 Å². The van der Waals surface area contributed by atoms with E-state index in [9.17, 15) is 9.59 Å². The van der Waals surface area contributed by atoms with Crippen molar-refractivity contribution in [3.05, 3.63) is 0 Å². The monoisotopic (exact) mass is 280 g/mol. The average Bonchev–Trinajstić information content (AvgIpc) is 2.33. The van der Waals surface area contributed by atoms with Gasteiger partial charge in [-0.25, -0.2) is 0 Å². The number of hydrogen-bond acceptors (Lipinski definition) is 5. The molecule has 0 aliphatic heterocycles. The molecular formula is C10H20O7Si.